The molecule has 2 unspecified atom stereocenters. The van der Waals surface area contributed by atoms with Gasteiger partial charge in [-0.15, -0.1) is 0 Å². The average Bonchev–Trinajstić information content (AvgIpc) is 2.83. The minimum atomic E-state index is -0.196. The summed E-state index contributed by atoms with van der Waals surface area (Å²) in [5.74, 6) is 0.711. The molecule has 2 heterocycles. The molecule has 86 valence electrons. The first kappa shape index (κ1) is 9.77. The van der Waals surface area contributed by atoms with Crippen LogP contribution in [0.4, 0.5) is 0 Å². The van der Waals surface area contributed by atoms with Crippen molar-refractivity contribution < 1.29 is 9.53 Å². The van der Waals surface area contributed by atoms with Crippen LogP contribution in [0.25, 0.3) is 0 Å². The van der Waals surface area contributed by atoms with Crippen LogP contribution in [0.1, 0.15) is 29.9 Å². The third-order valence-electron chi connectivity index (χ3n) is 3.17. The highest BCUT2D eigenvalue weighted by molar-refractivity contribution is 5.90. The molecule has 2 N–H and O–H groups in total. The number of carbonyl (C=O) groups excluding carboxylic acids is 1. The average molecular weight is 222 g/mol. The molecule has 1 saturated carbocycles. The van der Waals surface area contributed by atoms with Gasteiger partial charge in [0.1, 0.15) is 6.33 Å². The summed E-state index contributed by atoms with van der Waals surface area (Å²) < 4.78 is 5.65. The first-order valence-electron chi connectivity index (χ1n) is 5.62. The number of hydrogen-bond acceptors (Lipinski definition) is 4. The maximum Gasteiger partial charge on any atom is 0.288 e. The van der Waals surface area contributed by atoms with E-state index in [2.05, 4.69) is 20.5 Å². The zero-order valence-corrected chi connectivity index (χ0v) is 8.85. The van der Waals surface area contributed by atoms with Crippen molar-refractivity contribution in [3.8, 4) is 0 Å². The van der Waals surface area contributed by atoms with E-state index in [0.717, 1.165) is 13.0 Å². The summed E-state index contributed by atoms with van der Waals surface area (Å²) in [6, 6.07) is 0.130. The molecule has 1 saturated heterocycles. The number of carbonyl (C=O) groups is 1. The SMILES string of the molecule is O=C(NC1CCOC1C1CC1)c1ncn[nH]1. The number of H-pyrrole nitrogens is 1. The van der Waals surface area contributed by atoms with Gasteiger partial charge in [0.15, 0.2) is 0 Å². The van der Waals surface area contributed by atoms with Gasteiger partial charge >= 0.3 is 0 Å². The minimum absolute atomic E-state index is 0.130. The number of nitrogens with zero attached hydrogens (tertiary/aromatic N) is 2. The molecule has 1 aromatic rings. The Morgan fingerprint density at radius 1 is 1.50 bits per heavy atom. The zero-order valence-electron chi connectivity index (χ0n) is 8.85. The van der Waals surface area contributed by atoms with Crippen molar-refractivity contribution in [2.45, 2.75) is 31.4 Å². The maximum absolute atomic E-state index is 11.7. The molecule has 3 rings (SSSR count). The van der Waals surface area contributed by atoms with Crippen LogP contribution in [0.3, 0.4) is 0 Å². The fourth-order valence-electron chi connectivity index (χ4n) is 2.21. The molecule has 6 nitrogen and oxygen atoms in total. The lowest BCUT2D eigenvalue weighted by atomic mass is 10.1. The first-order valence-corrected chi connectivity index (χ1v) is 5.62. The van der Waals surface area contributed by atoms with Crippen LogP contribution in [0.15, 0.2) is 6.33 Å². The lowest BCUT2D eigenvalue weighted by molar-refractivity contribution is 0.0725. The first-order chi connectivity index (χ1) is 7.84. The van der Waals surface area contributed by atoms with Crippen LogP contribution >= 0.6 is 0 Å². The molecule has 1 aliphatic heterocycles. The van der Waals surface area contributed by atoms with Crippen LogP contribution in [-0.2, 0) is 4.74 Å². The van der Waals surface area contributed by atoms with Crippen LogP contribution < -0.4 is 5.32 Å². The highest BCUT2D eigenvalue weighted by atomic mass is 16.5. The van der Waals surface area contributed by atoms with E-state index < -0.39 is 0 Å². The minimum Gasteiger partial charge on any atom is -0.376 e. The topological polar surface area (TPSA) is 79.9 Å². The van der Waals surface area contributed by atoms with Gasteiger partial charge in [0.05, 0.1) is 12.1 Å². The van der Waals surface area contributed by atoms with Crippen LogP contribution in [0, 0.1) is 5.92 Å². The molecular formula is C10H14N4O2. The number of aromatic amines is 1. The van der Waals surface area contributed by atoms with E-state index in [1.165, 1.54) is 19.2 Å². The molecule has 2 fully saturated rings. The molecule has 1 aromatic heterocycles. The summed E-state index contributed by atoms with van der Waals surface area (Å²) >= 11 is 0. The highest BCUT2D eigenvalue weighted by Gasteiger charge is 2.41. The third kappa shape index (κ3) is 1.80. The number of nitrogens with one attached hydrogen (secondary N) is 2. The van der Waals surface area contributed by atoms with Crippen molar-refractivity contribution >= 4 is 5.91 Å². The summed E-state index contributed by atoms with van der Waals surface area (Å²) in [7, 11) is 0. The molecule has 1 aliphatic carbocycles. The van der Waals surface area contributed by atoms with E-state index in [9.17, 15) is 4.79 Å². The van der Waals surface area contributed by atoms with Gasteiger partial charge in [0.2, 0.25) is 5.82 Å². The fraction of sp³-hybridized carbons (Fsp3) is 0.700. The van der Waals surface area contributed by atoms with E-state index in [0.29, 0.717) is 5.92 Å². The summed E-state index contributed by atoms with van der Waals surface area (Å²) in [5, 5.41) is 9.17. The molecular weight excluding hydrogens is 208 g/mol. The fourth-order valence-corrected chi connectivity index (χ4v) is 2.21. The second-order valence-corrected chi connectivity index (χ2v) is 4.38. The Morgan fingerprint density at radius 2 is 2.38 bits per heavy atom. The van der Waals surface area contributed by atoms with Gasteiger partial charge in [-0.25, -0.2) is 4.98 Å². The largest absolute Gasteiger partial charge is 0.376 e. The van der Waals surface area contributed by atoms with Gasteiger partial charge in [-0.3, -0.25) is 9.89 Å². The third-order valence-corrected chi connectivity index (χ3v) is 3.17. The van der Waals surface area contributed by atoms with Crippen molar-refractivity contribution in [2.24, 2.45) is 5.92 Å². The smallest absolute Gasteiger partial charge is 0.288 e. The van der Waals surface area contributed by atoms with Crippen LogP contribution in [-0.4, -0.2) is 39.8 Å². The zero-order chi connectivity index (χ0) is 11.0. The van der Waals surface area contributed by atoms with E-state index in [1.54, 1.807) is 0 Å². The molecule has 2 aliphatic rings. The summed E-state index contributed by atoms with van der Waals surface area (Å²) in [4.78, 5) is 15.6. The van der Waals surface area contributed by atoms with Gasteiger partial charge in [0.25, 0.3) is 5.91 Å². The standard InChI is InChI=1S/C10H14N4O2/c15-10(9-11-5-12-14-9)13-7-3-4-16-8(7)6-1-2-6/h5-8H,1-4H2,(H,13,15)(H,11,12,14). The molecule has 6 heteroatoms. The maximum atomic E-state index is 11.7. The molecule has 0 aromatic carbocycles. The predicted molar refractivity (Wildman–Crippen MR) is 54.7 cm³/mol. The Morgan fingerprint density at radius 3 is 3.06 bits per heavy atom. The number of rotatable bonds is 3. The summed E-state index contributed by atoms with van der Waals surface area (Å²) in [6.07, 6.45) is 4.87. The Hall–Kier alpha value is -1.43. The van der Waals surface area contributed by atoms with E-state index in [4.69, 9.17) is 4.74 Å². The summed E-state index contributed by atoms with van der Waals surface area (Å²) in [5.41, 5.74) is 0. The number of amides is 1. The Labute approximate surface area is 92.8 Å². The molecule has 0 bridgehead atoms. The van der Waals surface area contributed by atoms with Crippen molar-refractivity contribution in [3.63, 3.8) is 0 Å². The second-order valence-electron chi connectivity index (χ2n) is 4.38. The normalized spacial score (nSPS) is 29.2. The molecule has 0 radical (unpaired) electrons. The molecule has 0 spiro atoms. The van der Waals surface area contributed by atoms with Gasteiger partial charge in [0, 0.05) is 6.61 Å². The van der Waals surface area contributed by atoms with Gasteiger partial charge in [-0.2, -0.15) is 5.10 Å². The Balaban J connectivity index is 1.63. The lowest BCUT2D eigenvalue weighted by Gasteiger charge is -2.18. The molecule has 2 atom stereocenters. The quantitative estimate of drug-likeness (QED) is 0.760. The number of aromatic nitrogens is 3. The highest BCUT2D eigenvalue weighted by Crippen LogP contribution is 2.38. The number of ether oxygens (including phenoxy) is 1. The van der Waals surface area contributed by atoms with Crippen LogP contribution in [0.5, 0.6) is 0 Å². The van der Waals surface area contributed by atoms with E-state index in [1.807, 2.05) is 0 Å². The monoisotopic (exact) mass is 222 g/mol. The molecule has 16 heavy (non-hydrogen) atoms. The van der Waals surface area contributed by atoms with E-state index in [-0.39, 0.29) is 23.9 Å². The Bertz CT molecular complexity index is 374. The molecule has 1 amide bonds. The van der Waals surface area contributed by atoms with Crippen molar-refractivity contribution in [2.75, 3.05) is 6.61 Å². The van der Waals surface area contributed by atoms with Gasteiger partial charge in [-0.1, -0.05) is 0 Å². The predicted octanol–water partition coefficient (Wildman–Crippen LogP) is 0.102. The van der Waals surface area contributed by atoms with Crippen molar-refractivity contribution in [3.05, 3.63) is 12.2 Å². The van der Waals surface area contributed by atoms with Gasteiger partial charge < -0.3 is 10.1 Å². The van der Waals surface area contributed by atoms with Crippen molar-refractivity contribution in [1.29, 1.82) is 0 Å². The summed E-state index contributed by atoms with van der Waals surface area (Å²) in [6.45, 7) is 0.739. The Kier molecular flexibility index (Phi) is 2.36. The van der Waals surface area contributed by atoms with Crippen molar-refractivity contribution in [1.82, 2.24) is 20.5 Å². The second kappa shape index (κ2) is 3.86. The lowest BCUT2D eigenvalue weighted by Crippen LogP contribution is -2.41. The van der Waals surface area contributed by atoms with Gasteiger partial charge in [-0.05, 0) is 25.2 Å². The van der Waals surface area contributed by atoms with Crippen LogP contribution in [0.2, 0.25) is 0 Å². The van der Waals surface area contributed by atoms with E-state index >= 15 is 0 Å². The number of hydrogen-bond donors (Lipinski definition) is 2.